The molecule has 1 amide bonds. The van der Waals surface area contributed by atoms with E-state index in [1.165, 1.54) is 38.1 Å². The number of amides is 1. The summed E-state index contributed by atoms with van der Waals surface area (Å²) in [5.74, 6) is 2.93. The second kappa shape index (κ2) is 15.0. The molecule has 21 heteroatoms. The third-order valence-electron chi connectivity index (χ3n) is 8.06. The van der Waals surface area contributed by atoms with Crippen LogP contribution in [0.15, 0.2) is 42.5 Å². The highest BCUT2D eigenvalue weighted by Crippen LogP contribution is 2.41. The minimum absolute atomic E-state index is 0.00162. The molecule has 1 saturated carbocycles. The van der Waals surface area contributed by atoms with E-state index in [4.69, 9.17) is 22.1 Å². The maximum atomic E-state index is 14.3. The van der Waals surface area contributed by atoms with E-state index in [0.29, 0.717) is 25.2 Å². The largest absolute Gasteiger partial charge is 0.439 e. The van der Waals surface area contributed by atoms with Crippen LogP contribution in [-0.2, 0) is 47.4 Å². The van der Waals surface area contributed by atoms with Gasteiger partial charge in [-0.3, -0.25) is 9.40 Å². The molecule has 2 heterocycles. The molecular formula is C33H32ClF4N5O8S3. The number of halogens is 5. The third kappa shape index (κ3) is 9.43. The third-order valence-corrected chi connectivity index (χ3v) is 14.7. The van der Waals surface area contributed by atoms with Crippen molar-refractivity contribution >= 4 is 64.1 Å². The molecule has 4 aromatic rings. The highest BCUT2D eigenvalue weighted by atomic mass is 35.5. The molecule has 13 nitrogen and oxygen atoms in total. The summed E-state index contributed by atoms with van der Waals surface area (Å²) in [7, 11) is -12.4. The number of nitrogens with two attached hydrogens (primary N) is 1. The Kier molecular flexibility index (Phi) is 11.3. The van der Waals surface area contributed by atoms with Crippen LogP contribution in [0.4, 0.5) is 28.2 Å². The van der Waals surface area contributed by atoms with Crippen LogP contribution >= 0.6 is 11.6 Å². The van der Waals surface area contributed by atoms with Crippen molar-refractivity contribution in [1.82, 2.24) is 14.8 Å². The quantitative estimate of drug-likeness (QED) is 0.135. The Morgan fingerprint density at radius 3 is 2.26 bits per heavy atom. The lowest BCUT2D eigenvalue weighted by Crippen LogP contribution is -2.33. The van der Waals surface area contributed by atoms with E-state index in [-0.39, 0.29) is 44.0 Å². The number of benzene rings is 2. The highest BCUT2D eigenvalue weighted by Gasteiger charge is 2.45. The lowest BCUT2D eigenvalue weighted by molar-refractivity contribution is 0.104. The zero-order valence-electron chi connectivity index (χ0n) is 28.6. The van der Waals surface area contributed by atoms with Crippen molar-refractivity contribution in [3.8, 4) is 23.0 Å². The van der Waals surface area contributed by atoms with Gasteiger partial charge in [0.1, 0.15) is 28.6 Å². The number of fused-ring (bicyclic) bond motifs is 1. The molecule has 1 unspecified atom stereocenters. The van der Waals surface area contributed by atoms with E-state index in [0.717, 1.165) is 16.8 Å². The predicted molar refractivity (Wildman–Crippen MR) is 193 cm³/mol. The number of ether oxygens (including phenoxy) is 1. The number of sulfonamides is 1. The molecule has 1 fully saturated rings. The average Bonchev–Trinajstić information content (AvgIpc) is 3.82. The molecule has 0 radical (unpaired) electrons. The van der Waals surface area contributed by atoms with Crippen LogP contribution in [0.25, 0.3) is 22.0 Å². The number of alkyl halides is 2. The first-order valence-corrected chi connectivity index (χ1v) is 21.4. The van der Waals surface area contributed by atoms with Crippen LogP contribution < -0.4 is 10.5 Å². The molecule has 3 N–H and O–H groups in total. The summed E-state index contributed by atoms with van der Waals surface area (Å²) < 4.78 is 138. The van der Waals surface area contributed by atoms with Crippen molar-refractivity contribution in [1.29, 1.82) is 0 Å². The summed E-state index contributed by atoms with van der Waals surface area (Å²) in [6.45, 7) is 1.74. The number of hydrogen-bond donors (Lipinski definition) is 2. The minimum atomic E-state index is -4.67. The topological polar surface area (TPSA) is 197 Å². The number of sulfone groups is 2. The Morgan fingerprint density at radius 2 is 1.69 bits per heavy atom. The molecule has 290 valence electrons. The number of carbonyl (C=O) groups is 1. The number of anilines is 1. The van der Waals surface area contributed by atoms with Gasteiger partial charge in [0, 0.05) is 29.9 Å². The number of carbonyl (C=O) groups excluding carboxylic acids is 1. The molecule has 2 aromatic heterocycles. The summed E-state index contributed by atoms with van der Waals surface area (Å²) in [5.41, 5.74) is 4.94. The number of primary amides is 1. The molecule has 54 heavy (non-hydrogen) atoms. The number of aromatic nitrogens is 3. The molecule has 0 bridgehead atoms. The fraction of sp³-hybridized carbons (Fsp3) is 0.364. The first-order chi connectivity index (χ1) is 25.0. The van der Waals surface area contributed by atoms with Crippen molar-refractivity contribution in [2.45, 2.75) is 62.2 Å². The van der Waals surface area contributed by atoms with Gasteiger partial charge in [0.05, 0.1) is 26.9 Å². The van der Waals surface area contributed by atoms with Gasteiger partial charge in [-0.1, -0.05) is 23.6 Å². The van der Waals surface area contributed by atoms with Crippen molar-refractivity contribution in [2.75, 3.05) is 16.1 Å². The number of nitrogens with zero attached hydrogens (tertiary/aromatic N) is 3. The van der Waals surface area contributed by atoms with Crippen LogP contribution in [0.1, 0.15) is 49.7 Å². The van der Waals surface area contributed by atoms with Crippen LogP contribution in [-0.4, -0.2) is 73.9 Å². The van der Waals surface area contributed by atoms with Crippen molar-refractivity contribution < 1.29 is 52.3 Å². The van der Waals surface area contributed by atoms with Gasteiger partial charge in [0.25, 0.3) is 6.43 Å². The average molecular weight is 834 g/mol. The first-order valence-electron chi connectivity index (χ1n) is 15.8. The fourth-order valence-corrected chi connectivity index (χ4v) is 10.6. The Bertz CT molecular complexity index is 2530. The van der Waals surface area contributed by atoms with Gasteiger partial charge in [-0.05, 0) is 68.5 Å². The lowest BCUT2D eigenvalue weighted by Gasteiger charge is -2.21. The summed E-state index contributed by atoms with van der Waals surface area (Å²) >= 11 is 6.48. The Balaban J connectivity index is 1.78. The van der Waals surface area contributed by atoms with Gasteiger partial charge < -0.3 is 10.5 Å². The van der Waals surface area contributed by atoms with Gasteiger partial charge in [-0.15, -0.1) is 0 Å². The summed E-state index contributed by atoms with van der Waals surface area (Å²) in [6, 6.07) is 7.85. The van der Waals surface area contributed by atoms with E-state index >= 15 is 0 Å². The molecular weight excluding hydrogens is 802 g/mol. The maximum absolute atomic E-state index is 14.3. The highest BCUT2D eigenvalue weighted by molar-refractivity contribution is 8.08. The Morgan fingerprint density at radius 1 is 1.06 bits per heavy atom. The van der Waals surface area contributed by atoms with Crippen LogP contribution in [0.3, 0.4) is 0 Å². The van der Waals surface area contributed by atoms with Gasteiger partial charge >= 0.3 is 6.09 Å². The summed E-state index contributed by atoms with van der Waals surface area (Å²) in [5, 5.41) is 1.66. The fourth-order valence-electron chi connectivity index (χ4n) is 5.67. The van der Waals surface area contributed by atoms with E-state index in [9.17, 15) is 47.6 Å². The zero-order valence-corrected chi connectivity index (χ0v) is 31.8. The number of pyridine rings is 1. The molecule has 1 aliphatic rings. The lowest BCUT2D eigenvalue weighted by atomic mass is 9.95. The number of hydrogen-bond acceptors (Lipinski definition) is 10. The Labute approximate surface area is 313 Å². The second-order valence-electron chi connectivity index (χ2n) is 13.0. The van der Waals surface area contributed by atoms with Crippen LogP contribution in [0.5, 0.6) is 0 Å². The van der Waals surface area contributed by atoms with Gasteiger partial charge in [0.15, 0.2) is 36.7 Å². The zero-order chi connectivity index (χ0) is 40.0. The predicted octanol–water partition coefficient (Wildman–Crippen LogP) is 5.13. The normalized spacial score (nSPS) is 14.5. The Hall–Kier alpha value is -4.45. The minimum Gasteiger partial charge on any atom is -0.439 e. The summed E-state index contributed by atoms with van der Waals surface area (Å²) in [4.78, 5) is 16.8. The van der Waals surface area contributed by atoms with E-state index < -0.39 is 93.8 Å². The smallest absolute Gasteiger partial charge is 0.405 e. The molecule has 0 saturated heterocycles. The molecule has 0 aliphatic heterocycles. The number of rotatable bonds is 13. The van der Waals surface area contributed by atoms with Gasteiger partial charge in [-0.2, -0.15) is 5.10 Å². The first kappa shape index (κ1) is 40.7. The van der Waals surface area contributed by atoms with E-state index in [2.05, 4.69) is 21.9 Å². The van der Waals surface area contributed by atoms with Crippen molar-refractivity contribution in [2.24, 2.45) is 5.73 Å². The van der Waals surface area contributed by atoms with Gasteiger partial charge in [0.2, 0.25) is 10.0 Å². The maximum Gasteiger partial charge on any atom is 0.405 e. The van der Waals surface area contributed by atoms with Crippen molar-refractivity contribution in [3.05, 3.63) is 76.1 Å². The van der Waals surface area contributed by atoms with E-state index in [1.54, 1.807) is 0 Å². The van der Waals surface area contributed by atoms with Crippen LogP contribution in [0.2, 0.25) is 5.02 Å². The molecule has 5 rings (SSSR count). The van der Waals surface area contributed by atoms with Gasteiger partial charge in [-0.25, -0.2) is 52.6 Å². The molecule has 1 atom stereocenters. The van der Waals surface area contributed by atoms with E-state index in [1.807, 2.05) is 4.72 Å². The van der Waals surface area contributed by atoms with Crippen LogP contribution in [0, 0.1) is 23.5 Å². The SMILES string of the molecule is CC(C)(C#Cc1ccc(-c2ccc(Cl)c3c(NS(=O)(=O)CS(C)(=O)=O)nn(CC(F)F)c23)c(C(Cc2cc(F)cc(F)c2)OC(N)=O)n1)S(=O)(=O)C1CC1. The molecule has 2 aromatic carbocycles. The summed E-state index contributed by atoms with van der Waals surface area (Å²) in [6.07, 6.45) is -4.73. The second-order valence-corrected chi connectivity index (χ2v) is 20.5. The molecule has 1 aliphatic carbocycles. The standard InChI is InChI=1S/C33H32ClF4N5O8S3/c1-33(2,54(49,50)22-5-6-22)11-10-21-4-7-23(29(40-21)26(51-32(39)44)14-18-12-19(35)15-20(36)13-18)24-8-9-25(34)28-30(24)43(16-27(37)38)41-31(28)42-53(47,48)17-52(3,45)46/h4,7-9,12-13,15,22,26-27H,5-6,14,16-17H2,1-3H3,(H2,39,44)(H,41,42). The van der Waals surface area contributed by atoms with Crippen molar-refractivity contribution in [3.63, 3.8) is 0 Å². The monoisotopic (exact) mass is 833 g/mol. The number of nitrogens with one attached hydrogen (secondary N) is 1. The molecule has 0 spiro atoms.